The van der Waals surface area contributed by atoms with E-state index in [2.05, 4.69) is 15.2 Å². The van der Waals surface area contributed by atoms with Gasteiger partial charge in [-0.05, 0) is 62.7 Å². The minimum absolute atomic E-state index is 0.0451. The molecule has 33 heavy (non-hydrogen) atoms. The van der Waals surface area contributed by atoms with E-state index < -0.39 is 11.2 Å². The Bertz CT molecular complexity index is 1160. The fourth-order valence-electron chi connectivity index (χ4n) is 4.59. The van der Waals surface area contributed by atoms with Crippen molar-refractivity contribution in [1.29, 1.82) is 5.26 Å². The van der Waals surface area contributed by atoms with Crippen LogP contribution in [0.25, 0.3) is 0 Å². The molecule has 1 fully saturated rings. The fourth-order valence-corrected chi connectivity index (χ4v) is 4.59. The normalized spacial score (nSPS) is 21.3. The highest BCUT2D eigenvalue weighted by Crippen LogP contribution is 2.37. The molecule has 2 aliphatic heterocycles. The summed E-state index contributed by atoms with van der Waals surface area (Å²) in [6, 6.07) is 14.2. The van der Waals surface area contributed by atoms with Crippen molar-refractivity contribution >= 4 is 11.6 Å². The number of allylic oxidation sites excluding steroid dienone is 1. The molecule has 0 spiro atoms. The van der Waals surface area contributed by atoms with Crippen LogP contribution in [0.3, 0.4) is 0 Å². The Morgan fingerprint density at radius 1 is 1.21 bits per heavy atom. The molecule has 6 nitrogen and oxygen atoms in total. The lowest BCUT2D eigenvalue weighted by Gasteiger charge is -2.39. The summed E-state index contributed by atoms with van der Waals surface area (Å²) in [5, 5.41) is 12.4. The Hall–Kier alpha value is -3.50. The quantitative estimate of drug-likeness (QED) is 0.760. The van der Waals surface area contributed by atoms with Crippen molar-refractivity contribution in [2.75, 3.05) is 27.2 Å². The summed E-state index contributed by atoms with van der Waals surface area (Å²) in [5.41, 5.74) is 1.58. The highest BCUT2D eigenvalue weighted by molar-refractivity contribution is 6.18. The number of hydrogen-bond donors (Lipinski definition) is 1. The molecule has 2 aliphatic rings. The summed E-state index contributed by atoms with van der Waals surface area (Å²) in [4.78, 5) is 19.8. The topological polar surface area (TPSA) is 77.7 Å². The van der Waals surface area contributed by atoms with E-state index in [9.17, 15) is 9.18 Å². The highest BCUT2D eigenvalue weighted by atomic mass is 19.1. The van der Waals surface area contributed by atoms with E-state index in [1.54, 1.807) is 13.2 Å². The zero-order chi connectivity index (χ0) is 23.6. The lowest BCUT2D eigenvalue weighted by molar-refractivity contribution is -0.116. The first-order valence-corrected chi connectivity index (χ1v) is 11.0. The second-order valence-corrected chi connectivity index (χ2v) is 8.58. The van der Waals surface area contributed by atoms with Crippen LogP contribution in [0.4, 0.5) is 4.39 Å². The van der Waals surface area contributed by atoms with Crippen molar-refractivity contribution in [3.8, 4) is 11.8 Å². The Kier molecular flexibility index (Phi) is 6.30. The molecule has 0 saturated carbocycles. The van der Waals surface area contributed by atoms with E-state index in [-0.39, 0.29) is 11.5 Å². The van der Waals surface area contributed by atoms with Gasteiger partial charge in [0.1, 0.15) is 23.3 Å². The van der Waals surface area contributed by atoms with Crippen molar-refractivity contribution in [3.05, 3.63) is 76.7 Å². The second-order valence-electron chi connectivity index (χ2n) is 8.58. The van der Waals surface area contributed by atoms with Crippen LogP contribution in [0.1, 0.15) is 36.5 Å². The smallest absolute Gasteiger partial charge is 0.293 e. The number of nitriles is 1. The summed E-state index contributed by atoms with van der Waals surface area (Å²) >= 11 is 0. The predicted octanol–water partition coefficient (Wildman–Crippen LogP) is 3.56. The van der Waals surface area contributed by atoms with Crippen LogP contribution in [0.2, 0.25) is 0 Å². The Labute approximate surface area is 193 Å². The largest absolute Gasteiger partial charge is 0.497 e. The maximum Gasteiger partial charge on any atom is 0.293 e. The number of aliphatic imine (C=N–C) groups is 1. The van der Waals surface area contributed by atoms with E-state index in [1.165, 1.54) is 12.1 Å². The number of nitrogens with zero attached hydrogens (tertiary/aromatic N) is 3. The minimum Gasteiger partial charge on any atom is -0.497 e. The lowest BCUT2D eigenvalue weighted by atomic mass is 9.73. The van der Waals surface area contributed by atoms with Crippen LogP contribution in [0, 0.1) is 17.1 Å². The van der Waals surface area contributed by atoms with Crippen LogP contribution in [-0.4, -0.2) is 49.8 Å². The van der Waals surface area contributed by atoms with Gasteiger partial charge in [0.05, 0.1) is 23.8 Å². The molecule has 1 saturated heterocycles. The van der Waals surface area contributed by atoms with Gasteiger partial charge in [-0.3, -0.25) is 4.79 Å². The maximum atomic E-state index is 14.5. The van der Waals surface area contributed by atoms with E-state index >= 15 is 0 Å². The first-order valence-electron chi connectivity index (χ1n) is 11.0. The van der Waals surface area contributed by atoms with Crippen LogP contribution in [-0.2, 0) is 10.2 Å². The number of hydrogen-bond acceptors (Lipinski definition) is 5. The van der Waals surface area contributed by atoms with Crippen molar-refractivity contribution in [1.82, 2.24) is 10.2 Å². The second kappa shape index (κ2) is 9.16. The van der Waals surface area contributed by atoms with E-state index in [1.807, 2.05) is 50.4 Å². The van der Waals surface area contributed by atoms with Gasteiger partial charge in [0.2, 0.25) is 0 Å². The van der Waals surface area contributed by atoms with Crippen LogP contribution < -0.4 is 10.1 Å². The molecule has 1 amide bonds. The zero-order valence-corrected chi connectivity index (χ0v) is 19.1. The summed E-state index contributed by atoms with van der Waals surface area (Å²) in [6.45, 7) is 3.51. The van der Waals surface area contributed by atoms with Crippen LogP contribution in [0.5, 0.6) is 5.75 Å². The number of likely N-dealkylation sites (tertiary alicyclic amines) is 1. The van der Waals surface area contributed by atoms with Crippen molar-refractivity contribution in [2.45, 2.75) is 31.2 Å². The molecule has 1 unspecified atom stereocenters. The van der Waals surface area contributed by atoms with Gasteiger partial charge < -0.3 is 15.0 Å². The summed E-state index contributed by atoms with van der Waals surface area (Å²) < 4.78 is 19.8. The number of methoxy groups -OCH3 is 1. The Balaban J connectivity index is 1.80. The predicted molar refractivity (Wildman–Crippen MR) is 125 cm³/mol. The summed E-state index contributed by atoms with van der Waals surface area (Å²) in [6.07, 6.45) is 3.84. The van der Waals surface area contributed by atoms with Crippen LogP contribution >= 0.6 is 0 Å². The number of piperidine rings is 1. The number of dihydropyridines is 1. The van der Waals surface area contributed by atoms with Gasteiger partial charge in [0.15, 0.2) is 0 Å². The number of halogens is 1. The number of nitrogens with one attached hydrogen (secondary N) is 1. The van der Waals surface area contributed by atoms with E-state index in [0.717, 1.165) is 37.2 Å². The Morgan fingerprint density at radius 2 is 1.91 bits per heavy atom. The molecule has 7 heteroatoms. The molecular weight excluding hydrogens is 419 g/mol. The van der Waals surface area contributed by atoms with Gasteiger partial charge >= 0.3 is 0 Å². The maximum absolute atomic E-state index is 14.5. The molecular formula is C26H27FN4O2. The summed E-state index contributed by atoms with van der Waals surface area (Å²) in [5.74, 6) is -0.245. The standard InChI is InChI=1S/C26H27FN4O2/c1-26(19-6-8-21(33-3)9-7-19)15-23(31-12-10-20(29-2)11-13-31)25(32)30-24(26)17-4-5-18(16-28)22(27)14-17/h4-9,14-15,20,29H,10-13H2,1-3H3. The Morgan fingerprint density at radius 3 is 2.48 bits per heavy atom. The van der Waals surface area contributed by atoms with Crippen molar-refractivity contribution in [2.24, 2.45) is 4.99 Å². The van der Waals surface area contributed by atoms with Gasteiger partial charge in [-0.1, -0.05) is 18.2 Å². The average Bonchev–Trinajstić information content (AvgIpc) is 2.85. The van der Waals surface area contributed by atoms with Crippen molar-refractivity contribution < 1.29 is 13.9 Å². The molecule has 170 valence electrons. The molecule has 2 heterocycles. The third-order valence-electron chi connectivity index (χ3n) is 6.65. The van der Waals surface area contributed by atoms with Gasteiger partial charge in [-0.2, -0.15) is 5.26 Å². The van der Waals surface area contributed by atoms with Crippen LogP contribution in [0.15, 0.2) is 59.2 Å². The van der Waals surface area contributed by atoms with E-state index in [0.29, 0.717) is 23.0 Å². The van der Waals surface area contributed by atoms with Gasteiger partial charge in [-0.25, -0.2) is 9.38 Å². The third kappa shape index (κ3) is 4.27. The number of ether oxygens (including phenoxy) is 1. The third-order valence-corrected chi connectivity index (χ3v) is 6.65. The number of rotatable bonds is 5. The number of benzene rings is 2. The SMILES string of the molecule is CNC1CCN(C2=CC(C)(c3ccc(OC)cc3)C(c3ccc(C#N)c(F)c3)=NC2=O)CC1. The molecule has 2 aromatic carbocycles. The van der Waals surface area contributed by atoms with Crippen molar-refractivity contribution in [3.63, 3.8) is 0 Å². The summed E-state index contributed by atoms with van der Waals surface area (Å²) in [7, 11) is 3.56. The van der Waals surface area contributed by atoms with Gasteiger partial charge in [0, 0.05) is 24.7 Å². The fraction of sp³-hybridized carbons (Fsp3) is 0.346. The number of carbonyl (C=O) groups is 1. The molecule has 4 rings (SSSR count). The average molecular weight is 447 g/mol. The first-order chi connectivity index (χ1) is 15.9. The molecule has 0 bridgehead atoms. The molecule has 1 N–H and O–H groups in total. The molecule has 1 atom stereocenters. The van der Waals surface area contributed by atoms with E-state index in [4.69, 9.17) is 10.00 Å². The zero-order valence-electron chi connectivity index (χ0n) is 19.1. The highest BCUT2D eigenvalue weighted by Gasteiger charge is 2.39. The van der Waals surface area contributed by atoms with Gasteiger partial charge in [0.25, 0.3) is 5.91 Å². The molecule has 0 radical (unpaired) electrons. The number of amides is 1. The molecule has 0 aliphatic carbocycles. The van der Waals surface area contributed by atoms with Gasteiger partial charge in [-0.15, -0.1) is 0 Å². The molecule has 2 aromatic rings. The monoisotopic (exact) mass is 446 g/mol. The minimum atomic E-state index is -0.782. The lowest BCUT2D eigenvalue weighted by Crippen LogP contribution is -2.45. The number of carbonyl (C=O) groups excluding carboxylic acids is 1. The first kappa shape index (κ1) is 22.7. The molecule has 0 aromatic heterocycles.